The van der Waals surface area contributed by atoms with Gasteiger partial charge in [0.05, 0.1) is 6.61 Å². The molecule has 0 aliphatic heterocycles. The number of allylic oxidation sites excluding steroid dienone is 1. The van der Waals surface area contributed by atoms with Crippen LogP contribution in [-0.4, -0.2) is 6.29 Å². The molecule has 2 nitrogen and oxygen atoms in total. The molecule has 0 heterocycles. The van der Waals surface area contributed by atoms with Crippen molar-refractivity contribution in [1.29, 1.82) is 0 Å². The second-order valence-electron chi connectivity index (χ2n) is 12.3. The highest BCUT2D eigenvalue weighted by molar-refractivity contribution is 5.31. The van der Waals surface area contributed by atoms with Crippen molar-refractivity contribution in [2.24, 2.45) is 16.7 Å². The summed E-state index contributed by atoms with van der Waals surface area (Å²) in [5.41, 5.74) is 2.81. The van der Waals surface area contributed by atoms with E-state index < -0.39 is 0 Å². The summed E-state index contributed by atoms with van der Waals surface area (Å²) >= 11 is 0. The van der Waals surface area contributed by atoms with Gasteiger partial charge in [0.15, 0.2) is 6.29 Å². The molecule has 2 unspecified atom stereocenters. The monoisotopic (exact) mass is 476 g/mol. The largest absolute Gasteiger partial charge is 0.465 e. The second kappa shape index (κ2) is 12.8. The van der Waals surface area contributed by atoms with Crippen LogP contribution < -0.4 is 4.74 Å². The summed E-state index contributed by atoms with van der Waals surface area (Å²) in [5, 5.41) is 0. The highest BCUT2D eigenvalue weighted by Gasteiger charge is 2.31. The van der Waals surface area contributed by atoms with Gasteiger partial charge in [0.1, 0.15) is 5.75 Å². The van der Waals surface area contributed by atoms with Crippen LogP contribution in [0.25, 0.3) is 0 Å². The lowest BCUT2D eigenvalue weighted by Crippen LogP contribution is -2.25. The van der Waals surface area contributed by atoms with Gasteiger partial charge in [-0.2, -0.15) is 0 Å². The van der Waals surface area contributed by atoms with Gasteiger partial charge in [-0.15, -0.1) is 6.58 Å². The lowest BCUT2D eigenvalue weighted by molar-refractivity contribution is -0.102. The van der Waals surface area contributed by atoms with Crippen LogP contribution in [0, 0.1) is 16.7 Å². The van der Waals surface area contributed by atoms with Crippen molar-refractivity contribution in [2.45, 2.75) is 105 Å². The van der Waals surface area contributed by atoms with E-state index in [0.29, 0.717) is 18.4 Å². The smallest absolute Gasteiger partial charge is 0.200 e. The van der Waals surface area contributed by atoms with Gasteiger partial charge in [-0.25, -0.2) is 0 Å². The molecule has 0 saturated heterocycles. The van der Waals surface area contributed by atoms with Crippen LogP contribution in [0.2, 0.25) is 0 Å². The highest BCUT2D eigenvalue weighted by atomic mass is 16.7. The Balaban J connectivity index is 1.73. The van der Waals surface area contributed by atoms with Gasteiger partial charge in [-0.1, -0.05) is 122 Å². The van der Waals surface area contributed by atoms with E-state index in [1.165, 1.54) is 49.7 Å². The molecule has 0 bridgehead atoms. The molecule has 35 heavy (non-hydrogen) atoms. The van der Waals surface area contributed by atoms with Crippen molar-refractivity contribution in [1.82, 2.24) is 0 Å². The molecule has 2 atom stereocenters. The fourth-order valence-electron chi connectivity index (χ4n) is 5.28. The summed E-state index contributed by atoms with van der Waals surface area (Å²) < 4.78 is 12.8. The minimum Gasteiger partial charge on any atom is -0.465 e. The SMILES string of the molecule is C=CC(C)(C)C(CC(C)(C)C)c1ccc(OC(CC2CCCCCC2)OCc2ccccc2)cc1. The maximum Gasteiger partial charge on any atom is 0.200 e. The van der Waals surface area contributed by atoms with Crippen LogP contribution in [0.3, 0.4) is 0 Å². The van der Waals surface area contributed by atoms with Crippen molar-refractivity contribution >= 4 is 0 Å². The quantitative estimate of drug-likeness (QED) is 0.182. The first-order valence-electron chi connectivity index (χ1n) is 13.7. The fraction of sp³-hybridized carbons (Fsp3) is 0.576. The Labute approximate surface area is 215 Å². The van der Waals surface area contributed by atoms with Crippen molar-refractivity contribution in [2.75, 3.05) is 0 Å². The van der Waals surface area contributed by atoms with Crippen molar-refractivity contribution in [3.05, 3.63) is 78.4 Å². The molecule has 1 aliphatic carbocycles. The molecular formula is C33H48O2. The molecule has 1 saturated carbocycles. The van der Waals surface area contributed by atoms with E-state index in [1.807, 2.05) is 6.07 Å². The topological polar surface area (TPSA) is 18.5 Å². The van der Waals surface area contributed by atoms with Gasteiger partial charge in [-0.05, 0) is 52.3 Å². The molecule has 2 aromatic carbocycles. The molecule has 192 valence electrons. The van der Waals surface area contributed by atoms with E-state index in [0.717, 1.165) is 18.6 Å². The van der Waals surface area contributed by atoms with Crippen LogP contribution in [0.1, 0.15) is 103 Å². The number of ether oxygens (including phenoxy) is 2. The van der Waals surface area contributed by atoms with Gasteiger partial charge >= 0.3 is 0 Å². The molecule has 0 aromatic heterocycles. The molecule has 3 rings (SSSR count). The van der Waals surface area contributed by atoms with E-state index in [-0.39, 0.29) is 17.1 Å². The van der Waals surface area contributed by atoms with Gasteiger partial charge in [0.2, 0.25) is 0 Å². The van der Waals surface area contributed by atoms with E-state index in [2.05, 4.69) is 95.8 Å². The van der Waals surface area contributed by atoms with Crippen LogP contribution in [0.15, 0.2) is 67.3 Å². The zero-order valence-corrected chi connectivity index (χ0v) is 22.9. The van der Waals surface area contributed by atoms with Crippen LogP contribution >= 0.6 is 0 Å². The summed E-state index contributed by atoms with van der Waals surface area (Å²) in [6.45, 7) is 16.3. The zero-order chi connectivity index (χ0) is 25.3. The molecule has 0 radical (unpaired) electrons. The summed E-state index contributed by atoms with van der Waals surface area (Å²) in [6.07, 6.45) is 11.9. The predicted octanol–water partition coefficient (Wildman–Crippen LogP) is 9.70. The Kier molecular flexibility index (Phi) is 10.0. The number of rotatable bonds is 11. The Morgan fingerprint density at radius 1 is 0.886 bits per heavy atom. The Hall–Kier alpha value is -2.06. The average Bonchev–Trinajstić information content (AvgIpc) is 3.10. The summed E-state index contributed by atoms with van der Waals surface area (Å²) in [7, 11) is 0. The molecule has 1 fully saturated rings. The van der Waals surface area contributed by atoms with Crippen LogP contribution in [-0.2, 0) is 11.3 Å². The minimum atomic E-state index is -0.223. The molecule has 1 aliphatic rings. The number of hydrogen-bond acceptors (Lipinski definition) is 2. The van der Waals surface area contributed by atoms with Crippen LogP contribution in [0.5, 0.6) is 5.75 Å². The average molecular weight is 477 g/mol. The van der Waals surface area contributed by atoms with E-state index in [1.54, 1.807) is 0 Å². The first kappa shape index (κ1) is 27.5. The molecule has 2 aromatic rings. The van der Waals surface area contributed by atoms with Gasteiger partial charge in [0, 0.05) is 6.42 Å². The van der Waals surface area contributed by atoms with Gasteiger partial charge in [-0.3, -0.25) is 0 Å². The number of benzene rings is 2. The van der Waals surface area contributed by atoms with Crippen LogP contribution in [0.4, 0.5) is 0 Å². The first-order valence-corrected chi connectivity index (χ1v) is 13.7. The predicted molar refractivity (Wildman–Crippen MR) is 149 cm³/mol. The standard InChI is InChI=1S/C33H48O2/c1-7-33(5,6)30(24-32(2,3)4)28-19-21-29(22-20-28)35-31(23-26-15-11-8-9-12-16-26)34-25-27-17-13-10-14-18-27/h7,10,13-14,17-22,26,30-31H,1,8-9,11-12,15-16,23-25H2,2-6H3. The van der Waals surface area contributed by atoms with Crippen molar-refractivity contribution in [3.63, 3.8) is 0 Å². The maximum atomic E-state index is 6.48. The highest BCUT2D eigenvalue weighted by Crippen LogP contribution is 2.44. The van der Waals surface area contributed by atoms with E-state index >= 15 is 0 Å². The van der Waals surface area contributed by atoms with Crippen molar-refractivity contribution < 1.29 is 9.47 Å². The molecular weight excluding hydrogens is 428 g/mol. The van der Waals surface area contributed by atoms with E-state index in [4.69, 9.17) is 9.47 Å². The fourth-order valence-corrected chi connectivity index (χ4v) is 5.28. The summed E-state index contributed by atoms with van der Waals surface area (Å²) in [6, 6.07) is 19.2. The third kappa shape index (κ3) is 9.15. The second-order valence-corrected chi connectivity index (χ2v) is 12.3. The Bertz CT molecular complexity index is 868. The number of hydrogen-bond donors (Lipinski definition) is 0. The minimum absolute atomic E-state index is 0.0243. The summed E-state index contributed by atoms with van der Waals surface area (Å²) in [5.74, 6) is 1.98. The summed E-state index contributed by atoms with van der Waals surface area (Å²) in [4.78, 5) is 0. The third-order valence-corrected chi connectivity index (χ3v) is 7.57. The Morgan fingerprint density at radius 2 is 1.51 bits per heavy atom. The molecule has 2 heteroatoms. The van der Waals surface area contributed by atoms with Gasteiger partial charge < -0.3 is 9.47 Å². The molecule has 0 amide bonds. The van der Waals surface area contributed by atoms with Gasteiger partial charge in [0.25, 0.3) is 0 Å². The normalized spacial score (nSPS) is 17.4. The van der Waals surface area contributed by atoms with Crippen molar-refractivity contribution in [3.8, 4) is 5.75 Å². The Morgan fingerprint density at radius 3 is 2.09 bits per heavy atom. The lowest BCUT2D eigenvalue weighted by atomic mass is 9.68. The zero-order valence-electron chi connectivity index (χ0n) is 22.9. The first-order chi connectivity index (χ1) is 16.7. The van der Waals surface area contributed by atoms with E-state index in [9.17, 15) is 0 Å². The third-order valence-electron chi connectivity index (χ3n) is 7.57. The lowest BCUT2D eigenvalue weighted by Gasteiger charge is -2.36. The molecule has 0 spiro atoms. The molecule has 0 N–H and O–H groups in total. The maximum absolute atomic E-state index is 6.48.